The molecule has 0 aliphatic carbocycles. The van der Waals surface area contributed by atoms with Crippen molar-refractivity contribution in [3.63, 3.8) is 0 Å². The van der Waals surface area contributed by atoms with Gasteiger partial charge in [0.15, 0.2) is 5.75 Å². The average Bonchev–Trinajstić information content (AvgIpc) is 3.09. The average molecular weight is 478 g/mol. The molecule has 178 valence electrons. The summed E-state index contributed by atoms with van der Waals surface area (Å²) in [4.78, 5) is 37.9. The molecule has 0 saturated carbocycles. The van der Waals surface area contributed by atoms with Gasteiger partial charge >= 0.3 is 5.69 Å². The number of hydrogen-bond donors (Lipinski definition) is 2. The fourth-order valence-electron chi connectivity index (χ4n) is 4.07. The molecule has 1 amide bonds. The third kappa shape index (κ3) is 4.05. The number of ketones is 1. The van der Waals surface area contributed by atoms with Crippen LogP contribution in [0.4, 0.5) is 15.8 Å². The number of Topliss-reactive ketones (excluding diaryl/α,β-unsaturated/α-hetero) is 1. The lowest BCUT2D eigenvalue weighted by Crippen LogP contribution is -2.29. The maximum Gasteiger partial charge on any atom is 0.311 e. The minimum absolute atomic E-state index is 0.0123. The molecule has 3 aromatic carbocycles. The smallest absolute Gasteiger partial charge is 0.311 e. The van der Waals surface area contributed by atoms with Crippen molar-refractivity contribution < 1.29 is 33.9 Å². The van der Waals surface area contributed by atoms with E-state index < -0.39 is 45.7 Å². The van der Waals surface area contributed by atoms with Gasteiger partial charge in [0, 0.05) is 17.3 Å². The second kappa shape index (κ2) is 8.90. The van der Waals surface area contributed by atoms with E-state index in [0.29, 0.717) is 11.3 Å². The van der Waals surface area contributed by atoms with Crippen molar-refractivity contribution in [3.05, 3.63) is 98.9 Å². The molecule has 1 atom stereocenters. The van der Waals surface area contributed by atoms with E-state index in [9.17, 15) is 34.3 Å². The number of anilines is 1. The highest BCUT2D eigenvalue weighted by atomic mass is 19.1. The number of hydrogen-bond acceptors (Lipinski definition) is 7. The molecule has 1 unspecified atom stereocenters. The monoisotopic (exact) mass is 478 g/mol. The summed E-state index contributed by atoms with van der Waals surface area (Å²) in [5, 5.41) is 32.5. The number of aryl methyl sites for hydroxylation is 1. The molecular formula is C25H19FN2O7. The molecule has 2 N–H and O–H groups in total. The normalized spacial score (nSPS) is 17.0. The Morgan fingerprint density at radius 1 is 1.11 bits per heavy atom. The van der Waals surface area contributed by atoms with Crippen molar-refractivity contribution in [2.45, 2.75) is 13.0 Å². The Morgan fingerprint density at radius 3 is 2.49 bits per heavy atom. The van der Waals surface area contributed by atoms with Gasteiger partial charge in [-0.1, -0.05) is 12.1 Å². The molecule has 10 heteroatoms. The molecule has 3 aromatic rings. The summed E-state index contributed by atoms with van der Waals surface area (Å²) in [6, 6.07) is 11.6. The van der Waals surface area contributed by atoms with E-state index in [1.165, 1.54) is 31.4 Å². The lowest BCUT2D eigenvalue weighted by atomic mass is 9.93. The molecule has 1 aliphatic rings. The molecule has 0 aromatic heterocycles. The van der Waals surface area contributed by atoms with E-state index in [-0.39, 0.29) is 22.4 Å². The summed E-state index contributed by atoms with van der Waals surface area (Å²) >= 11 is 0. The maximum atomic E-state index is 14.0. The predicted molar refractivity (Wildman–Crippen MR) is 124 cm³/mol. The number of aromatic hydroxyl groups is 1. The summed E-state index contributed by atoms with van der Waals surface area (Å²) in [5.41, 5.74) is -0.153. The number of nitro groups is 1. The Balaban J connectivity index is 2.00. The topological polar surface area (TPSA) is 130 Å². The van der Waals surface area contributed by atoms with Crippen LogP contribution in [0.25, 0.3) is 5.76 Å². The first-order valence-electron chi connectivity index (χ1n) is 10.3. The number of ether oxygens (including phenoxy) is 1. The molecule has 0 bridgehead atoms. The minimum Gasteiger partial charge on any atom is -0.507 e. The van der Waals surface area contributed by atoms with E-state index in [1.54, 1.807) is 19.1 Å². The SMILES string of the molecule is COc1ccc(/C(O)=C2/C(=O)C(=O)N(c3cccc(F)c3)C2c2ccc(O)c([N+](=O)[O-])c2)c(C)c1. The van der Waals surface area contributed by atoms with Gasteiger partial charge in [0.1, 0.15) is 17.3 Å². The molecule has 9 nitrogen and oxygen atoms in total. The second-order valence-electron chi connectivity index (χ2n) is 7.84. The highest BCUT2D eigenvalue weighted by Gasteiger charge is 2.47. The molecule has 0 spiro atoms. The standard InChI is InChI=1S/C25H19FN2O7/c1-13-10-17(35-2)7-8-18(13)23(30)21-22(14-6-9-20(29)19(11-14)28(33)34)27(25(32)24(21)31)16-5-3-4-15(26)12-16/h3-12,22,29-30H,1-2H3/b23-21-. The first-order chi connectivity index (χ1) is 16.6. The van der Waals surface area contributed by atoms with Crippen LogP contribution in [0.15, 0.2) is 66.2 Å². The van der Waals surface area contributed by atoms with Gasteiger partial charge in [-0.3, -0.25) is 24.6 Å². The fraction of sp³-hybridized carbons (Fsp3) is 0.120. The molecule has 35 heavy (non-hydrogen) atoms. The number of phenols is 1. The predicted octanol–water partition coefficient (Wildman–Crippen LogP) is 4.38. The van der Waals surface area contributed by atoms with Crippen LogP contribution in [0, 0.1) is 22.9 Å². The van der Waals surface area contributed by atoms with E-state index >= 15 is 0 Å². The van der Waals surface area contributed by atoms with Crippen LogP contribution in [0.5, 0.6) is 11.5 Å². The number of aliphatic hydroxyl groups excluding tert-OH is 1. The van der Waals surface area contributed by atoms with E-state index in [1.807, 2.05) is 0 Å². The number of rotatable bonds is 5. The van der Waals surface area contributed by atoms with Crippen LogP contribution in [-0.4, -0.2) is 33.9 Å². The first-order valence-corrected chi connectivity index (χ1v) is 10.3. The molecule has 4 rings (SSSR count). The van der Waals surface area contributed by atoms with Crippen LogP contribution in [0.2, 0.25) is 0 Å². The highest BCUT2D eigenvalue weighted by Crippen LogP contribution is 2.44. The van der Waals surface area contributed by atoms with Crippen LogP contribution >= 0.6 is 0 Å². The van der Waals surface area contributed by atoms with Gasteiger partial charge in [0.2, 0.25) is 0 Å². The van der Waals surface area contributed by atoms with Gasteiger partial charge in [-0.05, 0) is 60.5 Å². The van der Waals surface area contributed by atoms with Crippen LogP contribution < -0.4 is 9.64 Å². The summed E-state index contributed by atoms with van der Waals surface area (Å²) < 4.78 is 19.2. The number of nitro benzene ring substituents is 1. The highest BCUT2D eigenvalue weighted by molar-refractivity contribution is 6.51. The van der Waals surface area contributed by atoms with Crippen molar-refractivity contribution in [1.29, 1.82) is 0 Å². The van der Waals surface area contributed by atoms with Gasteiger partial charge < -0.3 is 14.9 Å². The number of halogens is 1. The third-order valence-electron chi connectivity index (χ3n) is 5.73. The maximum absolute atomic E-state index is 14.0. The zero-order valence-corrected chi connectivity index (χ0v) is 18.6. The Bertz CT molecular complexity index is 1420. The molecule has 0 radical (unpaired) electrons. The van der Waals surface area contributed by atoms with Gasteiger partial charge in [-0.15, -0.1) is 0 Å². The van der Waals surface area contributed by atoms with Crippen LogP contribution in [0.1, 0.15) is 22.7 Å². The quantitative estimate of drug-likeness (QED) is 0.183. The number of phenolic OH excluding ortho intramolecular Hbond substituents is 1. The Morgan fingerprint density at radius 2 is 1.86 bits per heavy atom. The van der Waals surface area contributed by atoms with Crippen LogP contribution in [-0.2, 0) is 9.59 Å². The van der Waals surface area contributed by atoms with E-state index in [0.717, 1.165) is 29.2 Å². The molecule has 1 fully saturated rings. The van der Waals surface area contributed by atoms with Crippen molar-refractivity contribution in [2.75, 3.05) is 12.0 Å². The fourth-order valence-corrected chi connectivity index (χ4v) is 4.07. The first kappa shape index (κ1) is 23.4. The molecule has 1 heterocycles. The van der Waals surface area contributed by atoms with Gasteiger partial charge in [-0.25, -0.2) is 4.39 Å². The zero-order valence-electron chi connectivity index (χ0n) is 18.6. The van der Waals surface area contributed by atoms with Crippen molar-refractivity contribution >= 4 is 28.8 Å². The van der Waals surface area contributed by atoms with Gasteiger partial charge in [0.25, 0.3) is 11.7 Å². The van der Waals surface area contributed by atoms with E-state index in [2.05, 4.69) is 0 Å². The van der Waals surface area contributed by atoms with Gasteiger partial charge in [0.05, 0.1) is 23.6 Å². The van der Waals surface area contributed by atoms with Gasteiger partial charge in [-0.2, -0.15) is 0 Å². The summed E-state index contributed by atoms with van der Waals surface area (Å²) in [6.07, 6.45) is 0. The van der Waals surface area contributed by atoms with Crippen molar-refractivity contribution in [2.24, 2.45) is 0 Å². The summed E-state index contributed by atoms with van der Waals surface area (Å²) in [5.74, 6) is -3.40. The van der Waals surface area contributed by atoms with E-state index in [4.69, 9.17) is 4.74 Å². The minimum atomic E-state index is -1.34. The summed E-state index contributed by atoms with van der Waals surface area (Å²) in [6.45, 7) is 1.67. The number of aliphatic hydroxyl groups is 1. The third-order valence-corrected chi connectivity index (χ3v) is 5.73. The largest absolute Gasteiger partial charge is 0.507 e. The molecule has 1 saturated heterocycles. The van der Waals surface area contributed by atoms with Crippen LogP contribution in [0.3, 0.4) is 0 Å². The number of carbonyl (C=O) groups is 2. The number of benzene rings is 3. The number of methoxy groups -OCH3 is 1. The lowest BCUT2D eigenvalue weighted by Gasteiger charge is -2.25. The Kier molecular flexibility index (Phi) is 5.96. The Hall–Kier alpha value is -4.73. The lowest BCUT2D eigenvalue weighted by molar-refractivity contribution is -0.385. The van der Waals surface area contributed by atoms with Crippen molar-refractivity contribution in [1.82, 2.24) is 0 Å². The zero-order chi connectivity index (χ0) is 25.4. The summed E-state index contributed by atoms with van der Waals surface area (Å²) in [7, 11) is 1.47. The number of amides is 1. The second-order valence-corrected chi connectivity index (χ2v) is 7.84. The number of carbonyl (C=O) groups excluding carboxylic acids is 2. The molecule has 1 aliphatic heterocycles. The number of nitrogens with zero attached hydrogens (tertiary/aromatic N) is 2. The van der Waals surface area contributed by atoms with Crippen molar-refractivity contribution in [3.8, 4) is 11.5 Å². The molecular weight excluding hydrogens is 459 g/mol. The Labute approximate surface area is 198 Å².